The Bertz CT molecular complexity index is 686. The van der Waals surface area contributed by atoms with Crippen LogP contribution in [0.25, 0.3) is 0 Å². The van der Waals surface area contributed by atoms with E-state index in [1.807, 2.05) is 6.92 Å². The Balaban J connectivity index is 5.51. The zero-order valence-electron chi connectivity index (χ0n) is 17.8. The smallest absolute Gasteiger partial charge is 0.460 e. The molecule has 0 spiro atoms. The summed E-state index contributed by atoms with van der Waals surface area (Å²) in [5.74, 6) is -51.6. The predicted octanol–water partition coefficient (Wildman–Crippen LogP) is 8.04. The van der Waals surface area contributed by atoms with Crippen LogP contribution in [0.1, 0.15) is 58.3 Å². The summed E-state index contributed by atoms with van der Waals surface area (Å²) in [6.07, 6.45) is -3.20. The van der Waals surface area contributed by atoms with E-state index in [1.54, 1.807) is 0 Å². The van der Waals surface area contributed by atoms with Crippen molar-refractivity contribution in [3.8, 4) is 0 Å². The van der Waals surface area contributed by atoms with Gasteiger partial charge in [0.2, 0.25) is 0 Å². The molecule has 210 valence electrons. The van der Waals surface area contributed by atoms with Crippen LogP contribution in [-0.2, 0) is 9.53 Å². The Morgan fingerprint density at radius 3 is 1.26 bits per heavy atom. The summed E-state index contributed by atoms with van der Waals surface area (Å²) in [5, 5.41) is 0. The standard InChI is InChI=1S/C18H21F15O2/c1-2-3-4-5-6-7-8-9-10-35-11(34)12(19,20)13(21,22)14(23,24)15(25,26)16(27,28)17(29,30)18(31,32)33/h2-10H2,1H3. The molecule has 0 radical (unpaired) electrons. The number of carbonyl (C=O) groups is 1. The lowest BCUT2D eigenvalue weighted by Gasteiger charge is -2.40. The van der Waals surface area contributed by atoms with Gasteiger partial charge in [-0.25, -0.2) is 4.79 Å². The minimum Gasteiger partial charge on any atom is -0.461 e. The number of ether oxygens (including phenoxy) is 1. The fourth-order valence-electron chi connectivity index (χ4n) is 2.59. The largest absolute Gasteiger partial charge is 0.461 e. The molecule has 0 bridgehead atoms. The van der Waals surface area contributed by atoms with Crippen molar-refractivity contribution in [2.24, 2.45) is 0 Å². The van der Waals surface area contributed by atoms with Gasteiger partial charge in [-0.15, -0.1) is 0 Å². The lowest BCUT2D eigenvalue weighted by molar-refractivity contribution is -0.450. The summed E-state index contributed by atoms with van der Waals surface area (Å²) in [4.78, 5) is 11.2. The number of alkyl halides is 15. The second-order valence-corrected chi connectivity index (χ2v) is 7.55. The monoisotopic (exact) mass is 554 g/mol. The van der Waals surface area contributed by atoms with Crippen LogP contribution in [-0.4, -0.2) is 54.3 Å². The van der Waals surface area contributed by atoms with E-state index in [9.17, 15) is 70.7 Å². The number of hydrogen-bond acceptors (Lipinski definition) is 2. The minimum absolute atomic E-state index is 0.161. The third-order valence-electron chi connectivity index (χ3n) is 4.82. The first-order valence-electron chi connectivity index (χ1n) is 9.99. The highest BCUT2D eigenvalue weighted by Crippen LogP contribution is 2.62. The highest BCUT2D eigenvalue weighted by Gasteiger charge is 2.94. The van der Waals surface area contributed by atoms with Crippen molar-refractivity contribution in [3.05, 3.63) is 0 Å². The van der Waals surface area contributed by atoms with E-state index in [0.717, 1.165) is 25.7 Å². The quantitative estimate of drug-likeness (QED) is 0.116. The van der Waals surface area contributed by atoms with Crippen molar-refractivity contribution in [2.75, 3.05) is 6.61 Å². The molecule has 35 heavy (non-hydrogen) atoms. The molecule has 0 fully saturated rings. The first-order valence-corrected chi connectivity index (χ1v) is 9.99. The third kappa shape index (κ3) is 6.23. The maximum Gasteiger partial charge on any atom is 0.460 e. The van der Waals surface area contributed by atoms with Crippen LogP contribution in [0.3, 0.4) is 0 Å². The molecule has 0 saturated heterocycles. The lowest BCUT2D eigenvalue weighted by Crippen LogP contribution is -2.73. The Hall–Kier alpha value is -1.58. The van der Waals surface area contributed by atoms with Gasteiger partial charge in [0.15, 0.2) is 0 Å². The van der Waals surface area contributed by atoms with Gasteiger partial charge in [0.05, 0.1) is 6.61 Å². The zero-order valence-corrected chi connectivity index (χ0v) is 17.8. The summed E-state index contributed by atoms with van der Waals surface area (Å²) in [7, 11) is 0. The van der Waals surface area contributed by atoms with Crippen LogP contribution in [0, 0.1) is 0 Å². The third-order valence-corrected chi connectivity index (χ3v) is 4.82. The molecule has 0 aliphatic rings. The van der Waals surface area contributed by atoms with E-state index in [0.29, 0.717) is 12.8 Å². The van der Waals surface area contributed by atoms with Crippen LogP contribution < -0.4 is 0 Å². The van der Waals surface area contributed by atoms with Crippen molar-refractivity contribution in [1.82, 2.24) is 0 Å². The molecule has 0 amide bonds. The highest BCUT2D eigenvalue weighted by atomic mass is 19.4. The molecule has 0 heterocycles. The van der Waals surface area contributed by atoms with Gasteiger partial charge in [-0.1, -0.05) is 51.9 Å². The summed E-state index contributed by atoms with van der Waals surface area (Å²) in [6, 6.07) is 0. The maximum absolute atomic E-state index is 13.6. The fourth-order valence-corrected chi connectivity index (χ4v) is 2.59. The molecule has 0 aromatic rings. The Labute approximate surface area is 189 Å². The molecule has 0 aliphatic heterocycles. The van der Waals surface area contributed by atoms with Gasteiger partial charge >= 0.3 is 47.7 Å². The first-order chi connectivity index (χ1) is 15.5. The van der Waals surface area contributed by atoms with Gasteiger partial charge < -0.3 is 4.74 Å². The van der Waals surface area contributed by atoms with Crippen molar-refractivity contribution in [1.29, 1.82) is 0 Å². The predicted molar refractivity (Wildman–Crippen MR) is 89.3 cm³/mol. The van der Waals surface area contributed by atoms with E-state index >= 15 is 0 Å². The molecule has 0 atom stereocenters. The van der Waals surface area contributed by atoms with Crippen molar-refractivity contribution < 1.29 is 75.4 Å². The number of unbranched alkanes of at least 4 members (excludes halogenated alkanes) is 7. The van der Waals surface area contributed by atoms with Gasteiger partial charge in [-0.3, -0.25) is 0 Å². The molecule has 2 nitrogen and oxygen atoms in total. The average Bonchev–Trinajstić information content (AvgIpc) is 2.70. The fraction of sp³-hybridized carbons (Fsp3) is 0.944. The van der Waals surface area contributed by atoms with Crippen LogP contribution in [0.4, 0.5) is 65.9 Å². The van der Waals surface area contributed by atoms with Gasteiger partial charge in [0, 0.05) is 0 Å². The van der Waals surface area contributed by atoms with Gasteiger partial charge in [-0.05, 0) is 6.42 Å². The number of halogens is 15. The number of esters is 1. The molecule has 0 aliphatic carbocycles. The van der Waals surface area contributed by atoms with Crippen LogP contribution in [0.5, 0.6) is 0 Å². The molecule has 0 rings (SSSR count). The van der Waals surface area contributed by atoms with Crippen molar-refractivity contribution in [3.63, 3.8) is 0 Å². The highest BCUT2D eigenvalue weighted by molar-refractivity contribution is 5.79. The molecule has 0 saturated carbocycles. The Morgan fingerprint density at radius 2 is 0.857 bits per heavy atom. The molecular weight excluding hydrogens is 533 g/mol. The molecule has 17 heteroatoms. The van der Waals surface area contributed by atoms with Crippen molar-refractivity contribution >= 4 is 5.97 Å². The van der Waals surface area contributed by atoms with Crippen LogP contribution in [0.15, 0.2) is 0 Å². The molecule has 0 N–H and O–H groups in total. The summed E-state index contributed by atoms with van der Waals surface area (Å²) >= 11 is 0. The Morgan fingerprint density at radius 1 is 0.514 bits per heavy atom. The maximum atomic E-state index is 13.6. The van der Waals surface area contributed by atoms with E-state index in [1.165, 1.54) is 0 Å². The van der Waals surface area contributed by atoms with Gasteiger partial charge in [0.1, 0.15) is 0 Å². The SMILES string of the molecule is CCCCCCCCCCOC(=O)C(F)(F)C(F)(F)C(F)(F)C(F)(F)C(F)(F)C(F)(F)C(F)(F)F. The molecular formula is C18H21F15O2. The Kier molecular flexibility index (Phi) is 10.7. The topological polar surface area (TPSA) is 26.3 Å². The second kappa shape index (κ2) is 11.2. The lowest BCUT2D eigenvalue weighted by atomic mass is 9.91. The van der Waals surface area contributed by atoms with Gasteiger partial charge in [0.25, 0.3) is 0 Å². The summed E-state index contributed by atoms with van der Waals surface area (Å²) < 4.78 is 199. The van der Waals surface area contributed by atoms with E-state index in [-0.39, 0.29) is 12.8 Å². The molecule has 0 unspecified atom stereocenters. The normalized spacial score (nSPS) is 14.9. The molecule has 0 aromatic heterocycles. The minimum atomic E-state index is -8.43. The van der Waals surface area contributed by atoms with E-state index in [4.69, 9.17) is 0 Å². The van der Waals surface area contributed by atoms with Crippen LogP contribution >= 0.6 is 0 Å². The summed E-state index contributed by atoms with van der Waals surface area (Å²) in [5.41, 5.74) is 0. The van der Waals surface area contributed by atoms with Crippen molar-refractivity contribution in [2.45, 2.75) is 100 Å². The van der Waals surface area contributed by atoms with E-state index < -0.39 is 54.3 Å². The zero-order chi connectivity index (χ0) is 28.1. The first kappa shape index (κ1) is 33.4. The number of rotatable bonds is 15. The molecule has 0 aromatic carbocycles. The van der Waals surface area contributed by atoms with Gasteiger partial charge in [-0.2, -0.15) is 65.9 Å². The van der Waals surface area contributed by atoms with Crippen LogP contribution in [0.2, 0.25) is 0 Å². The second-order valence-electron chi connectivity index (χ2n) is 7.55. The van der Waals surface area contributed by atoms with E-state index in [2.05, 4.69) is 4.74 Å². The number of carbonyl (C=O) groups excluding carboxylic acids is 1. The number of hydrogen-bond donors (Lipinski definition) is 0. The average molecular weight is 554 g/mol. The summed E-state index contributed by atoms with van der Waals surface area (Å²) in [6.45, 7) is 0.817.